The van der Waals surface area contributed by atoms with Crippen molar-refractivity contribution in [2.45, 2.75) is 13.5 Å². The number of pyridine rings is 1. The molecule has 0 fully saturated rings. The maximum Gasteiger partial charge on any atom is 0.255 e. The van der Waals surface area contributed by atoms with Crippen LogP contribution in [0.4, 0.5) is 5.69 Å². The number of carbonyl (C=O) groups excluding carboxylic acids is 1. The van der Waals surface area contributed by atoms with Crippen LogP contribution in [0.1, 0.15) is 21.7 Å². The van der Waals surface area contributed by atoms with Gasteiger partial charge >= 0.3 is 0 Å². The van der Waals surface area contributed by atoms with Gasteiger partial charge in [-0.1, -0.05) is 0 Å². The van der Waals surface area contributed by atoms with E-state index < -0.39 is 0 Å². The number of aromatic amines is 1. The first-order chi connectivity index (χ1) is 8.20. The molecule has 0 radical (unpaired) electrons. The fourth-order valence-corrected chi connectivity index (χ4v) is 1.40. The normalized spacial score (nSPS) is 10.2. The minimum absolute atomic E-state index is 0.202. The summed E-state index contributed by atoms with van der Waals surface area (Å²) in [6.45, 7) is 2.15. The van der Waals surface area contributed by atoms with Gasteiger partial charge in [-0.15, -0.1) is 0 Å². The summed E-state index contributed by atoms with van der Waals surface area (Å²) >= 11 is 0. The molecule has 4 N–H and O–H groups in total. The molecule has 0 atom stereocenters. The third-order valence-electron chi connectivity index (χ3n) is 2.37. The summed E-state index contributed by atoms with van der Waals surface area (Å²) in [5, 5.41) is 9.34. The third-order valence-corrected chi connectivity index (χ3v) is 2.37. The Balaban J connectivity index is 2.17. The number of carbonyl (C=O) groups is 1. The predicted molar refractivity (Wildman–Crippen MR) is 63.4 cm³/mol. The van der Waals surface area contributed by atoms with Crippen molar-refractivity contribution in [2.75, 3.05) is 5.32 Å². The molecular weight excluding hydrogens is 218 g/mol. The van der Waals surface area contributed by atoms with Crippen molar-refractivity contribution in [2.24, 2.45) is 5.73 Å². The van der Waals surface area contributed by atoms with Gasteiger partial charge in [0.05, 0.1) is 23.3 Å². The molecule has 0 spiro atoms. The molecule has 0 bridgehead atoms. The van der Waals surface area contributed by atoms with Crippen LogP contribution in [-0.4, -0.2) is 21.1 Å². The third kappa shape index (κ3) is 2.48. The van der Waals surface area contributed by atoms with Crippen LogP contribution in [0, 0.1) is 6.92 Å². The number of nitrogens with zero attached hydrogens (tertiary/aromatic N) is 2. The summed E-state index contributed by atoms with van der Waals surface area (Å²) in [5.41, 5.74) is 8.16. The van der Waals surface area contributed by atoms with E-state index in [1.54, 1.807) is 24.5 Å². The summed E-state index contributed by atoms with van der Waals surface area (Å²) in [4.78, 5) is 15.9. The van der Waals surface area contributed by atoms with Crippen molar-refractivity contribution in [1.82, 2.24) is 15.2 Å². The Morgan fingerprint density at radius 2 is 2.41 bits per heavy atom. The van der Waals surface area contributed by atoms with E-state index in [9.17, 15) is 4.79 Å². The average molecular weight is 231 g/mol. The minimum atomic E-state index is -0.202. The van der Waals surface area contributed by atoms with Gasteiger partial charge in [-0.25, -0.2) is 0 Å². The van der Waals surface area contributed by atoms with Gasteiger partial charge in [-0.3, -0.25) is 14.9 Å². The first-order valence-corrected chi connectivity index (χ1v) is 5.17. The van der Waals surface area contributed by atoms with Gasteiger partial charge in [-0.05, 0) is 19.1 Å². The van der Waals surface area contributed by atoms with Crippen molar-refractivity contribution in [3.05, 3.63) is 41.5 Å². The fourth-order valence-electron chi connectivity index (χ4n) is 1.40. The molecule has 0 aliphatic carbocycles. The maximum atomic E-state index is 11.9. The van der Waals surface area contributed by atoms with E-state index in [-0.39, 0.29) is 5.91 Å². The standard InChI is InChI=1S/C11H13N5O/c1-7-10(6-14-16-7)15-11(17)8-2-3-13-9(4-8)5-12/h2-4,6H,5,12H2,1H3,(H,14,16)(H,15,17). The Morgan fingerprint density at radius 1 is 1.59 bits per heavy atom. The highest BCUT2D eigenvalue weighted by Crippen LogP contribution is 2.11. The quantitative estimate of drug-likeness (QED) is 0.728. The van der Waals surface area contributed by atoms with Crippen molar-refractivity contribution >= 4 is 11.6 Å². The van der Waals surface area contributed by atoms with Crippen LogP contribution < -0.4 is 11.1 Å². The fraction of sp³-hybridized carbons (Fsp3) is 0.182. The number of amides is 1. The van der Waals surface area contributed by atoms with E-state index in [2.05, 4.69) is 20.5 Å². The molecule has 2 aromatic rings. The van der Waals surface area contributed by atoms with Crippen LogP contribution in [0.5, 0.6) is 0 Å². The Morgan fingerprint density at radius 3 is 3.06 bits per heavy atom. The zero-order valence-corrected chi connectivity index (χ0v) is 9.40. The van der Waals surface area contributed by atoms with Gasteiger partial charge < -0.3 is 11.1 Å². The van der Waals surface area contributed by atoms with E-state index in [4.69, 9.17) is 5.73 Å². The largest absolute Gasteiger partial charge is 0.325 e. The number of hydrogen-bond donors (Lipinski definition) is 3. The number of rotatable bonds is 3. The van der Waals surface area contributed by atoms with Crippen LogP contribution in [0.25, 0.3) is 0 Å². The maximum absolute atomic E-state index is 11.9. The Hall–Kier alpha value is -2.21. The van der Waals surface area contributed by atoms with E-state index in [1.165, 1.54) is 0 Å². The van der Waals surface area contributed by atoms with Crippen molar-refractivity contribution in [3.8, 4) is 0 Å². The summed E-state index contributed by atoms with van der Waals surface area (Å²) in [7, 11) is 0. The summed E-state index contributed by atoms with van der Waals surface area (Å²) in [6.07, 6.45) is 3.14. The molecule has 88 valence electrons. The van der Waals surface area contributed by atoms with Gasteiger partial charge in [0.2, 0.25) is 0 Å². The monoisotopic (exact) mass is 231 g/mol. The molecule has 2 aromatic heterocycles. The zero-order chi connectivity index (χ0) is 12.3. The Kier molecular flexibility index (Phi) is 3.15. The molecule has 0 aromatic carbocycles. The van der Waals surface area contributed by atoms with Gasteiger partial charge in [0.25, 0.3) is 5.91 Å². The van der Waals surface area contributed by atoms with E-state index in [0.29, 0.717) is 23.5 Å². The van der Waals surface area contributed by atoms with Crippen molar-refractivity contribution in [1.29, 1.82) is 0 Å². The number of hydrogen-bond acceptors (Lipinski definition) is 4. The minimum Gasteiger partial charge on any atom is -0.325 e. The highest BCUT2D eigenvalue weighted by Gasteiger charge is 2.09. The summed E-state index contributed by atoms with van der Waals surface area (Å²) in [6, 6.07) is 3.31. The van der Waals surface area contributed by atoms with Crippen LogP contribution in [0.2, 0.25) is 0 Å². The number of nitrogens with two attached hydrogens (primary N) is 1. The van der Waals surface area contributed by atoms with Crippen LogP contribution in [-0.2, 0) is 6.54 Å². The highest BCUT2D eigenvalue weighted by molar-refractivity contribution is 6.04. The second-order valence-corrected chi connectivity index (χ2v) is 3.60. The Bertz CT molecular complexity index is 534. The molecule has 6 nitrogen and oxygen atoms in total. The molecule has 0 saturated heterocycles. The molecule has 17 heavy (non-hydrogen) atoms. The van der Waals surface area contributed by atoms with Crippen molar-refractivity contribution < 1.29 is 4.79 Å². The van der Waals surface area contributed by atoms with Gasteiger partial charge in [0, 0.05) is 18.3 Å². The van der Waals surface area contributed by atoms with E-state index in [0.717, 1.165) is 5.69 Å². The van der Waals surface area contributed by atoms with Gasteiger partial charge in [0.1, 0.15) is 0 Å². The number of aryl methyl sites for hydroxylation is 1. The first-order valence-electron chi connectivity index (χ1n) is 5.17. The number of anilines is 1. The van der Waals surface area contributed by atoms with Crippen LogP contribution >= 0.6 is 0 Å². The summed E-state index contributed by atoms with van der Waals surface area (Å²) < 4.78 is 0. The van der Waals surface area contributed by atoms with E-state index in [1.807, 2.05) is 6.92 Å². The highest BCUT2D eigenvalue weighted by atomic mass is 16.1. The molecule has 1 amide bonds. The molecule has 0 aliphatic rings. The van der Waals surface area contributed by atoms with Crippen LogP contribution in [0.15, 0.2) is 24.5 Å². The predicted octanol–water partition coefficient (Wildman–Crippen LogP) is 0.824. The number of aromatic nitrogens is 3. The van der Waals surface area contributed by atoms with Gasteiger partial charge in [0.15, 0.2) is 0 Å². The molecule has 0 unspecified atom stereocenters. The lowest BCUT2D eigenvalue weighted by atomic mass is 10.2. The second kappa shape index (κ2) is 4.75. The number of nitrogens with one attached hydrogen (secondary N) is 2. The summed E-state index contributed by atoms with van der Waals surface area (Å²) in [5.74, 6) is -0.202. The smallest absolute Gasteiger partial charge is 0.255 e. The molecule has 2 rings (SSSR count). The van der Waals surface area contributed by atoms with Crippen LogP contribution in [0.3, 0.4) is 0 Å². The SMILES string of the molecule is Cc1[nH]ncc1NC(=O)c1ccnc(CN)c1. The number of H-pyrrole nitrogens is 1. The van der Waals surface area contributed by atoms with Crippen molar-refractivity contribution in [3.63, 3.8) is 0 Å². The molecule has 6 heteroatoms. The topological polar surface area (TPSA) is 96.7 Å². The second-order valence-electron chi connectivity index (χ2n) is 3.60. The lowest BCUT2D eigenvalue weighted by Crippen LogP contribution is -2.13. The lowest BCUT2D eigenvalue weighted by molar-refractivity contribution is 0.102. The lowest BCUT2D eigenvalue weighted by Gasteiger charge is -2.04. The first kappa shape index (κ1) is 11.3. The van der Waals surface area contributed by atoms with E-state index >= 15 is 0 Å². The molecule has 0 saturated carbocycles. The average Bonchev–Trinajstić information content (AvgIpc) is 2.75. The Labute approximate surface area is 98.3 Å². The molecule has 2 heterocycles. The van der Waals surface area contributed by atoms with Gasteiger partial charge in [-0.2, -0.15) is 5.10 Å². The molecular formula is C11H13N5O. The zero-order valence-electron chi connectivity index (χ0n) is 9.40. The molecule has 0 aliphatic heterocycles.